The summed E-state index contributed by atoms with van der Waals surface area (Å²) in [4.78, 5) is 26.5. The molecule has 3 N–H and O–H groups in total. The van der Waals surface area contributed by atoms with Gasteiger partial charge in [0.05, 0.1) is 17.1 Å². The van der Waals surface area contributed by atoms with Gasteiger partial charge in [0, 0.05) is 41.6 Å². The van der Waals surface area contributed by atoms with Crippen LogP contribution in [-0.4, -0.2) is 55.8 Å². The first kappa shape index (κ1) is 20.6. The lowest BCUT2D eigenvalue weighted by Gasteiger charge is -2.34. The zero-order valence-electron chi connectivity index (χ0n) is 18.3. The molecule has 1 saturated heterocycles. The molecule has 1 fully saturated rings. The molecule has 1 aliphatic carbocycles. The van der Waals surface area contributed by atoms with Gasteiger partial charge < -0.3 is 15.3 Å². The van der Waals surface area contributed by atoms with E-state index in [1.807, 2.05) is 23.2 Å². The van der Waals surface area contributed by atoms with Crippen molar-refractivity contribution in [3.05, 3.63) is 41.2 Å². The molecular formula is C24H26N6O2S. The van der Waals surface area contributed by atoms with E-state index in [0.29, 0.717) is 5.92 Å². The van der Waals surface area contributed by atoms with Crippen LogP contribution in [0.25, 0.3) is 21.1 Å². The molecule has 9 heteroatoms. The number of aromatic amines is 1. The Morgan fingerprint density at radius 1 is 1.24 bits per heavy atom. The number of amides is 1. The molecule has 0 radical (unpaired) electrons. The standard InChI is InChI=1S/C24H26N6O2S/c31-12-14-5-7-30(8-6-14)24(32)15-1-3-18-20(10-15)33-23-21(18)22(25-13-26-23)28-17-2-4-19-16(9-17)11-27-29-19/h2,4,9,11,13-15,31H,1,3,5-8,10,12H2,(H,27,29)(H,25,26,28). The van der Waals surface area contributed by atoms with E-state index in [4.69, 9.17) is 0 Å². The number of nitrogens with one attached hydrogen (secondary N) is 2. The molecule has 3 aromatic heterocycles. The summed E-state index contributed by atoms with van der Waals surface area (Å²) in [5.41, 5.74) is 3.24. The van der Waals surface area contributed by atoms with Crippen LogP contribution in [0.5, 0.6) is 0 Å². The van der Waals surface area contributed by atoms with Crippen LogP contribution in [0.15, 0.2) is 30.7 Å². The Hall–Kier alpha value is -3.04. The van der Waals surface area contributed by atoms with Gasteiger partial charge in [0.15, 0.2) is 0 Å². The van der Waals surface area contributed by atoms with Gasteiger partial charge in [-0.3, -0.25) is 9.89 Å². The highest BCUT2D eigenvalue weighted by molar-refractivity contribution is 7.19. The number of rotatable bonds is 4. The third-order valence-corrected chi connectivity index (χ3v) is 8.24. The predicted octanol–water partition coefficient (Wildman–Crippen LogP) is 3.65. The topological polar surface area (TPSA) is 107 Å². The highest BCUT2D eigenvalue weighted by atomic mass is 32.1. The Balaban J connectivity index is 1.24. The molecule has 4 aromatic rings. The number of aliphatic hydroxyl groups excluding tert-OH is 1. The van der Waals surface area contributed by atoms with Gasteiger partial charge in [-0.05, 0) is 61.8 Å². The Labute approximate surface area is 195 Å². The number of thiophene rings is 1. The molecule has 1 amide bonds. The van der Waals surface area contributed by atoms with E-state index in [1.54, 1.807) is 17.7 Å². The first-order chi connectivity index (χ1) is 16.2. The molecule has 4 heterocycles. The number of piperidine rings is 1. The molecule has 1 aliphatic heterocycles. The zero-order chi connectivity index (χ0) is 22.4. The first-order valence-electron chi connectivity index (χ1n) is 11.5. The highest BCUT2D eigenvalue weighted by Crippen LogP contribution is 2.41. The molecule has 0 saturated carbocycles. The minimum absolute atomic E-state index is 0.0316. The third kappa shape index (κ3) is 3.75. The smallest absolute Gasteiger partial charge is 0.226 e. The van der Waals surface area contributed by atoms with Crippen LogP contribution in [0.3, 0.4) is 0 Å². The number of carbonyl (C=O) groups excluding carboxylic acids is 1. The highest BCUT2D eigenvalue weighted by Gasteiger charge is 2.33. The van der Waals surface area contributed by atoms with Crippen molar-refractivity contribution in [1.29, 1.82) is 0 Å². The second kappa shape index (κ2) is 8.39. The number of aryl methyl sites for hydroxylation is 1. The molecule has 33 heavy (non-hydrogen) atoms. The van der Waals surface area contributed by atoms with E-state index in [9.17, 15) is 9.90 Å². The number of aliphatic hydroxyl groups is 1. The Bertz CT molecular complexity index is 1320. The number of carbonyl (C=O) groups is 1. The van der Waals surface area contributed by atoms with Crippen LogP contribution in [0, 0.1) is 11.8 Å². The molecule has 1 aromatic carbocycles. The van der Waals surface area contributed by atoms with Crippen LogP contribution in [-0.2, 0) is 17.6 Å². The monoisotopic (exact) mass is 462 g/mol. The molecular weight excluding hydrogens is 436 g/mol. The van der Waals surface area contributed by atoms with Gasteiger partial charge in [-0.1, -0.05) is 0 Å². The van der Waals surface area contributed by atoms with Gasteiger partial charge in [-0.25, -0.2) is 9.97 Å². The molecule has 170 valence electrons. The number of fused-ring (bicyclic) bond motifs is 4. The maximum absolute atomic E-state index is 13.2. The zero-order valence-corrected chi connectivity index (χ0v) is 19.1. The number of benzene rings is 1. The lowest BCUT2D eigenvalue weighted by Crippen LogP contribution is -2.43. The van der Waals surface area contributed by atoms with Gasteiger partial charge in [0.25, 0.3) is 0 Å². The van der Waals surface area contributed by atoms with Gasteiger partial charge in [-0.2, -0.15) is 5.10 Å². The van der Waals surface area contributed by atoms with Crippen LogP contribution in [0.4, 0.5) is 11.5 Å². The summed E-state index contributed by atoms with van der Waals surface area (Å²) in [7, 11) is 0. The third-order valence-electron chi connectivity index (χ3n) is 7.08. The number of likely N-dealkylation sites (tertiary alicyclic amines) is 1. The summed E-state index contributed by atoms with van der Waals surface area (Å²) in [6, 6.07) is 6.08. The van der Waals surface area contributed by atoms with Crippen LogP contribution in [0.2, 0.25) is 0 Å². The summed E-state index contributed by atoms with van der Waals surface area (Å²) < 4.78 is 0. The van der Waals surface area contributed by atoms with Crippen LogP contribution < -0.4 is 5.32 Å². The second-order valence-electron chi connectivity index (χ2n) is 9.09. The predicted molar refractivity (Wildman–Crippen MR) is 129 cm³/mol. The number of hydrogen-bond acceptors (Lipinski definition) is 7. The van der Waals surface area contributed by atoms with Crippen molar-refractivity contribution in [2.75, 3.05) is 25.0 Å². The molecule has 0 spiro atoms. The van der Waals surface area contributed by atoms with Crippen LogP contribution in [0.1, 0.15) is 29.7 Å². The number of aromatic nitrogens is 4. The second-order valence-corrected chi connectivity index (χ2v) is 10.2. The minimum Gasteiger partial charge on any atom is -0.396 e. The Kier molecular flexibility index (Phi) is 5.22. The maximum Gasteiger partial charge on any atom is 0.226 e. The van der Waals surface area contributed by atoms with E-state index >= 15 is 0 Å². The van der Waals surface area contributed by atoms with E-state index in [0.717, 1.165) is 77.8 Å². The summed E-state index contributed by atoms with van der Waals surface area (Å²) in [6.07, 6.45) is 7.71. The van der Waals surface area contributed by atoms with Crippen molar-refractivity contribution in [3.8, 4) is 0 Å². The van der Waals surface area contributed by atoms with Crippen LogP contribution >= 0.6 is 11.3 Å². The summed E-state index contributed by atoms with van der Waals surface area (Å²) >= 11 is 1.69. The molecule has 1 atom stereocenters. The largest absolute Gasteiger partial charge is 0.396 e. The normalized spacial score (nSPS) is 19.2. The van der Waals surface area contributed by atoms with Gasteiger partial charge >= 0.3 is 0 Å². The average Bonchev–Trinajstić information content (AvgIpc) is 3.47. The van der Waals surface area contributed by atoms with Crippen molar-refractivity contribution in [1.82, 2.24) is 25.1 Å². The lowest BCUT2D eigenvalue weighted by atomic mass is 9.86. The SMILES string of the molecule is O=C(C1CCc2c(sc3ncnc(Nc4ccc5[nH]ncc5c4)c23)C1)N1CCC(CO)CC1. The minimum atomic E-state index is 0.0316. The Morgan fingerprint density at radius 3 is 2.97 bits per heavy atom. The fraction of sp³-hybridized carbons (Fsp3) is 0.417. The fourth-order valence-electron chi connectivity index (χ4n) is 5.17. The molecule has 0 bridgehead atoms. The van der Waals surface area contributed by atoms with E-state index in [-0.39, 0.29) is 18.4 Å². The summed E-state index contributed by atoms with van der Waals surface area (Å²) in [5.74, 6) is 1.46. The van der Waals surface area contributed by atoms with Gasteiger partial charge in [0.2, 0.25) is 5.91 Å². The number of H-pyrrole nitrogens is 1. The van der Waals surface area contributed by atoms with Crippen molar-refractivity contribution in [2.24, 2.45) is 11.8 Å². The lowest BCUT2D eigenvalue weighted by molar-refractivity contribution is -0.137. The number of hydrogen-bond donors (Lipinski definition) is 3. The summed E-state index contributed by atoms with van der Waals surface area (Å²) in [5, 5.41) is 22.0. The van der Waals surface area contributed by atoms with Gasteiger partial charge in [0.1, 0.15) is 17.0 Å². The van der Waals surface area contributed by atoms with Crippen molar-refractivity contribution in [3.63, 3.8) is 0 Å². The van der Waals surface area contributed by atoms with E-state index in [1.165, 1.54) is 10.4 Å². The van der Waals surface area contributed by atoms with Crippen molar-refractivity contribution >= 4 is 49.9 Å². The maximum atomic E-state index is 13.2. The molecule has 8 nitrogen and oxygen atoms in total. The number of anilines is 2. The Morgan fingerprint density at radius 2 is 2.12 bits per heavy atom. The molecule has 2 aliphatic rings. The fourth-order valence-corrected chi connectivity index (χ4v) is 6.43. The molecule has 6 rings (SSSR count). The van der Waals surface area contributed by atoms with Crippen molar-refractivity contribution in [2.45, 2.75) is 32.1 Å². The van der Waals surface area contributed by atoms with E-state index in [2.05, 4.69) is 31.5 Å². The average molecular weight is 463 g/mol. The van der Waals surface area contributed by atoms with Crippen molar-refractivity contribution < 1.29 is 9.90 Å². The first-order valence-corrected chi connectivity index (χ1v) is 12.4. The van der Waals surface area contributed by atoms with E-state index < -0.39 is 0 Å². The summed E-state index contributed by atoms with van der Waals surface area (Å²) in [6.45, 7) is 1.75. The van der Waals surface area contributed by atoms with Gasteiger partial charge in [-0.15, -0.1) is 11.3 Å². The number of nitrogens with zero attached hydrogens (tertiary/aromatic N) is 4. The quantitative estimate of drug-likeness (QED) is 0.427. The molecule has 1 unspecified atom stereocenters.